The minimum atomic E-state index is -3.77. The third-order valence-corrected chi connectivity index (χ3v) is 6.24. The van der Waals surface area contributed by atoms with E-state index >= 15 is 0 Å². The van der Waals surface area contributed by atoms with E-state index in [9.17, 15) is 12.8 Å². The van der Waals surface area contributed by atoms with Gasteiger partial charge in [-0.1, -0.05) is 13.8 Å². The van der Waals surface area contributed by atoms with E-state index in [1.807, 2.05) is 0 Å². The molecule has 1 fully saturated rings. The van der Waals surface area contributed by atoms with E-state index in [-0.39, 0.29) is 22.3 Å². The summed E-state index contributed by atoms with van der Waals surface area (Å²) in [5.74, 6) is -0.261. The molecule has 1 aromatic carbocycles. The Bertz CT molecular complexity index is 671. The first-order valence-electron chi connectivity index (χ1n) is 8.34. The zero-order valence-electron chi connectivity index (χ0n) is 14.8. The number of likely N-dealkylation sites (tertiary alicyclic amines) is 1. The van der Waals surface area contributed by atoms with Crippen LogP contribution in [0.5, 0.6) is 5.75 Å². The molecule has 136 valence electrons. The summed E-state index contributed by atoms with van der Waals surface area (Å²) < 4.78 is 46.9. The van der Waals surface area contributed by atoms with Crippen LogP contribution in [0.3, 0.4) is 0 Å². The Balaban J connectivity index is 2.17. The Labute approximate surface area is 144 Å². The highest BCUT2D eigenvalue weighted by atomic mass is 32.2. The van der Waals surface area contributed by atoms with Gasteiger partial charge in [0.2, 0.25) is 10.0 Å². The number of ether oxygens (including phenoxy) is 1. The van der Waals surface area contributed by atoms with Gasteiger partial charge < -0.3 is 4.74 Å². The van der Waals surface area contributed by atoms with E-state index < -0.39 is 15.8 Å². The van der Waals surface area contributed by atoms with Crippen molar-refractivity contribution in [2.45, 2.75) is 44.6 Å². The number of nitrogens with zero attached hydrogens (tertiary/aromatic N) is 1. The molecule has 0 amide bonds. The van der Waals surface area contributed by atoms with Crippen molar-refractivity contribution in [1.82, 2.24) is 9.62 Å². The summed E-state index contributed by atoms with van der Waals surface area (Å²) in [4.78, 5) is 2.29. The minimum Gasteiger partial charge on any atom is -0.494 e. The number of rotatable bonds is 7. The Hall–Kier alpha value is -1.18. The molecule has 0 saturated carbocycles. The fourth-order valence-corrected chi connectivity index (χ4v) is 4.51. The van der Waals surface area contributed by atoms with Crippen molar-refractivity contribution >= 4 is 10.0 Å². The largest absolute Gasteiger partial charge is 0.494 e. The van der Waals surface area contributed by atoms with Crippen LogP contribution < -0.4 is 9.46 Å². The standard InChI is InChI=1S/C17H27FN2O3S/c1-12(2)14(20-9-5-6-10-20)11-19-24(21,22)16-8-7-15(23-4)17(18)13(16)3/h7-8,12,14,19H,5-6,9-11H2,1-4H3/t14-/m1/s1. The van der Waals surface area contributed by atoms with Gasteiger partial charge in [0.1, 0.15) is 0 Å². The molecular weight excluding hydrogens is 331 g/mol. The van der Waals surface area contributed by atoms with Gasteiger partial charge in [0.15, 0.2) is 11.6 Å². The summed E-state index contributed by atoms with van der Waals surface area (Å²) in [5.41, 5.74) is 0.0733. The second-order valence-corrected chi connectivity index (χ2v) is 8.35. The van der Waals surface area contributed by atoms with Crippen LogP contribution in [0.1, 0.15) is 32.3 Å². The lowest BCUT2D eigenvalue weighted by molar-refractivity contribution is 0.193. The number of sulfonamides is 1. The molecule has 0 spiro atoms. The number of hydrogen-bond acceptors (Lipinski definition) is 4. The average Bonchev–Trinajstić information content (AvgIpc) is 3.03. The average molecular weight is 358 g/mol. The molecule has 0 bridgehead atoms. The van der Waals surface area contributed by atoms with Crippen molar-refractivity contribution in [3.63, 3.8) is 0 Å². The number of halogens is 1. The van der Waals surface area contributed by atoms with Crippen molar-refractivity contribution in [2.75, 3.05) is 26.7 Å². The van der Waals surface area contributed by atoms with Gasteiger partial charge in [0.05, 0.1) is 12.0 Å². The van der Waals surface area contributed by atoms with Crippen LogP contribution >= 0.6 is 0 Å². The van der Waals surface area contributed by atoms with Gasteiger partial charge in [-0.3, -0.25) is 4.90 Å². The summed E-state index contributed by atoms with van der Waals surface area (Å²) in [5, 5.41) is 0. The number of hydrogen-bond donors (Lipinski definition) is 1. The molecule has 0 unspecified atom stereocenters. The summed E-state index contributed by atoms with van der Waals surface area (Å²) in [7, 11) is -2.41. The van der Waals surface area contributed by atoms with E-state index in [1.165, 1.54) is 26.2 Å². The molecule has 1 saturated heterocycles. The maximum Gasteiger partial charge on any atom is 0.240 e. The van der Waals surface area contributed by atoms with Crippen molar-refractivity contribution in [2.24, 2.45) is 5.92 Å². The van der Waals surface area contributed by atoms with Crippen LogP contribution in [0.4, 0.5) is 4.39 Å². The lowest BCUT2D eigenvalue weighted by Crippen LogP contribution is -2.45. The van der Waals surface area contributed by atoms with Crippen molar-refractivity contribution in [3.8, 4) is 5.75 Å². The van der Waals surface area contributed by atoms with Crippen molar-refractivity contribution in [1.29, 1.82) is 0 Å². The number of methoxy groups -OCH3 is 1. The molecule has 7 heteroatoms. The summed E-state index contributed by atoms with van der Waals surface area (Å²) in [6.45, 7) is 7.96. The van der Waals surface area contributed by atoms with Crippen LogP contribution in [-0.2, 0) is 10.0 Å². The van der Waals surface area contributed by atoms with Crippen LogP contribution in [0.15, 0.2) is 17.0 Å². The number of benzene rings is 1. The van der Waals surface area contributed by atoms with Gasteiger partial charge in [-0.2, -0.15) is 0 Å². The van der Waals surface area contributed by atoms with E-state index in [0.717, 1.165) is 25.9 Å². The maximum absolute atomic E-state index is 14.1. The van der Waals surface area contributed by atoms with Gasteiger partial charge in [-0.25, -0.2) is 17.5 Å². The lowest BCUT2D eigenvalue weighted by Gasteiger charge is -2.31. The molecular formula is C17H27FN2O3S. The summed E-state index contributed by atoms with van der Waals surface area (Å²) in [6, 6.07) is 2.88. The van der Waals surface area contributed by atoms with E-state index in [1.54, 1.807) is 0 Å². The molecule has 1 heterocycles. The van der Waals surface area contributed by atoms with E-state index in [2.05, 4.69) is 23.5 Å². The molecule has 1 atom stereocenters. The molecule has 24 heavy (non-hydrogen) atoms. The predicted molar refractivity (Wildman–Crippen MR) is 92.3 cm³/mol. The Kier molecular flexibility index (Phi) is 6.22. The van der Waals surface area contributed by atoms with Crippen LogP contribution in [-0.4, -0.2) is 46.1 Å². The maximum atomic E-state index is 14.1. The third kappa shape index (κ3) is 4.07. The molecule has 0 aromatic heterocycles. The normalized spacial score (nSPS) is 17.4. The molecule has 2 rings (SSSR count). The first-order valence-corrected chi connectivity index (χ1v) is 9.83. The van der Waals surface area contributed by atoms with Crippen molar-refractivity contribution in [3.05, 3.63) is 23.5 Å². The Morgan fingerprint density at radius 3 is 2.46 bits per heavy atom. The zero-order valence-corrected chi connectivity index (χ0v) is 15.6. The first-order chi connectivity index (χ1) is 11.3. The Morgan fingerprint density at radius 2 is 1.92 bits per heavy atom. The zero-order chi connectivity index (χ0) is 17.9. The van der Waals surface area contributed by atoms with Crippen LogP contribution in [0.2, 0.25) is 0 Å². The molecule has 1 aromatic rings. The fraction of sp³-hybridized carbons (Fsp3) is 0.647. The summed E-state index contributed by atoms with van der Waals surface area (Å²) in [6.07, 6.45) is 2.30. The van der Waals surface area contributed by atoms with Crippen molar-refractivity contribution < 1.29 is 17.5 Å². The van der Waals surface area contributed by atoms with Gasteiger partial charge in [0.25, 0.3) is 0 Å². The fourth-order valence-electron chi connectivity index (χ4n) is 3.22. The molecule has 0 radical (unpaired) electrons. The van der Waals surface area contributed by atoms with Crippen LogP contribution in [0, 0.1) is 18.7 Å². The Morgan fingerprint density at radius 1 is 1.29 bits per heavy atom. The quantitative estimate of drug-likeness (QED) is 0.814. The first kappa shape index (κ1) is 19.1. The van der Waals surface area contributed by atoms with Crippen LogP contribution in [0.25, 0.3) is 0 Å². The predicted octanol–water partition coefficient (Wildman–Crippen LogP) is 2.54. The lowest BCUT2D eigenvalue weighted by atomic mass is 10.0. The highest BCUT2D eigenvalue weighted by Crippen LogP contribution is 2.26. The minimum absolute atomic E-state index is 0.0373. The monoisotopic (exact) mass is 358 g/mol. The number of nitrogens with one attached hydrogen (secondary N) is 1. The van der Waals surface area contributed by atoms with Gasteiger partial charge >= 0.3 is 0 Å². The third-order valence-electron chi connectivity index (χ3n) is 4.67. The van der Waals surface area contributed by atoms with E-state index in [0.29, 0.717) is 12.5 Å². The molecule has 0 aliphatic carbocycles. The van der Waals surface area contributed by atoms with E-state index in [4.69, 9.17) is 4.74 Å². The highest BCUT2D eigenvalue weighted by molar-refractivity contribution is 7.89. The molecule has 5 nitrogen and oxygen atoms in total. The van der Waals surface area contributed by atoms with Gasteiger partial charge in [-0.05, 0) is 50.9 Å². The topological polar surface area (TPSA) is 58.6 Å². The second kappa shape index (κ2) is 7.80. The van der Waals surface area contributed by atoms with Gasteiger partial charge in [-0.15, -0.1) is 0 Å². The SMILES string of the molecule is COc1ccc(S(=O)(=O)NC[C@H](C(C)C)N2CCCC2)c(C)c1F. The molecule has 1 aliphatic rings. The highest BCUT2D eigenvalue weighted by Gasteiger charge is 2.27. The molecule has 1 N–H and O–H groups in total. The van der Waals surface area contributed by atoms with Gasteiger partial charge in [0, 0.05) is 18.2 Å². The second-order valence-electron chi connectivity index (χ2n) is 6.61. The molecule has 1 aliphatic heterocycles. The smallest absolute Gasteiger partial charge is 0.240 e. The summed E-state index contributed by atoms with van der Waals surface area (Å²) >= 11 is 0.